The summed E-state index contributed by atoms with van der Waals surface area (Å²) in [5, 5.41) is 0. The van der Waals surface area contributed by atoms with Gasteiger partial charge in [-0.1, -0.05) is 75.4 Å². The second-order valence-corrected chi connectivity index (χ2v) is 10.7. The Balaban J connectivity index is 2.27. The fourth-order valence-electron chi connectivity index (χ4n) is 2.95. The van der Waals surface area contributed by atoms with Crippen LogP contribution in [0.1, 0.15) is 22.7 Å². The lowest BCUT2D eigenvalue weighted by atomic mass is 10.1. The highest BCUT2D eigenvalue weighted by Crippen LogP contribution is 2.34. The fraction of sp³-hybridized carbons (Fsp3) is 0.130. The van der Waals surface area contributed by atoms with Crippen molar-refractivity contribution in [1.29, 1.82) is 0 Å². The van der Waals surface area contributed by atoms with Gasteiger partial charge in [0.05, 0.1) is 9.79 Å². The fourth-order valence-corrected chi connectivity index (χ4v) is 6.79. The molecular formula is C23H21NO4S2. The van der Waals surface area contributed by atoms with E-state index in [1.807, 2.05) is 13.8 Å². The van der Waals surface area contributed by atoms with E-state index in [9.17, 15) is 16.8 Å². The van der Waals surface area contributed by atoms with Gasteiger partial charge in [-0.3, -0.25) is 0 Å². The second-order valence-electron chi connectivity index (χ2n) is 6.84. The van der Waals surface area contributed by atoms with E-state index >= 15 is 0 Å². The molecule has 0 aliphatic rings. The standard InChI is InChI=1S/C23H21NO4S2/c1-4-23(20-8-6-5-7-9-20)24(29(25,26)21-14-10-18(2)11-15-21)30(27,28)22-16-12-19(3)13-17-22/h1,5-17,23H,2-3H3/t23-/m1/s1. The smallest absolute Gasteiger partial charge is 0.206 e. The van der Waals surface area contributed by atoms with Crippen LogP contribution < -0.4 is 0 Å². The van der Waals surface area contributed by atoms with Gasteiger partial charge in [0.15, 0.2) is 0 Å². The lowest BCUT2D eigenvalue weighted by molar-refractivity contribution is 0.474. The van der Waals surface area contributed by atoms with Crippen LogP contribution in [0, 0.1) is 26.2 Å². The van der Waals surface area contributed by atoms with Crippen molar-refractivity contribution in [2.45, 2.75) is 29.7 Å². The zero-order chi connectivity index (χ0) is 21.9. The van der Waals surface area contributed by atoms with E-state index in [-0.39, 0.29) is 9.79 Å². The molecule has 7 heteroatoms. The SMILES string of the molecule is C#C[C@H](c1ccccc1)N(S(=O)(=O)c1ccc(C)cc1)S(=O)(=O)c1ccc(C)cc1. The molecule has 0 radical (unpaired) electrons. The van der Waals surface area contributed by atoms with Crippen molar-refractivity contribution in [3.63, 3.8) is 0 Å². The highest BCUT2D eigenvalue weighted by molar-refractivity contribution is 8.04. The minimum Gasteiger partial charge on any atom is -0.206 e. The minimum absolute atomic E-state index is 0.153. The molecule has 0 spiro atoms. The summed E-state index contributed by atoms with van der Waals surface area (Å²) in [6, 6.07) is 18.9. The first-order chi connectivity index (χ1) is 14.2. The van der Waals surface area contributed by atoms with Crippen molar-refractivity contribution in [1.82, 2.24) is 3.71 Å². The summed E-state index contributed by atoms with van der Waals surface area (Å²) in [5.41, 5.74) is 2.07. The van der Waals surface area contributed by atoms with E-state index in [1.165, 1.54) is 24.3 Å². The first-order valence-electron chi connectivity index (χ1n) is 9.12. The van der Waals surface area contributed by atoms with Crippen LogP contribution >= 0.6 is 0 Å². The molecular weight excluding hydrogens is 418 g/mol. The molecule has 5 nitrogen and oxygen atoms in total. The summed E-state index contributed by atoms with van der Waals surface area (Å²) < 4.78 is 54.7. The summed E-state index contributed by atoms with van der Waals surface area (Å²) >= 11 is 0. The summed E-state index contributed by atoms with van der Waals surface area (Å²) in [5.74, 6) is 2.36. The van der Waals surface area contributed by atoms with Crippen molar-refractivity contribution in [3.8, 4) is 12.3 Å². The molecule has 0 fully saturated rings. The first-order valence-corrected chi connectivity index (χ1v) is 12.0. The van der Waals surface area contributed by atoms with Gasteiger partial charge in [-0.25, -0.2) is 16.8 Å². The van der Waals surface area contributed by atoms with E-state index in [2.05, 4.69) is 5.92 Å². The van der Waals surface area contributed by atoms with Crippen LogP contribution in [0.25, 0.3) is 0 Å². The molecule has 0 aliphatic heterocycles. The van der Waals surface area contributed by atoms with Crippen LogP contribution in [0.5, 0.6) is 0 Å². The van der Waals surface area contributed by atoms with Crippen molar-refractivity contribution >= 4 is 20.0 Å². The van der Waals surface area contributed by atoms with Crippen molar-refractivity contribution in [2.24, 2.45) is 0 Å². The van der Waals surface area contributed by atoms with Gasteiger partial charge in [0.2, 0.25) is 0 Å². The Hall–Kier alpha value is -2.92. The summed E-state index contributed by atoms with van der Waals surface area (Å²) in [6.07, 6.45) is 5.68. The molecule has 0 saturated heterocycles. The average Bonchev–Trinajstić information content (AvgIpc) is 2.72. The Morgan fingerprint density at radius 1 is 0.700 bits per heavy atom. The average molecular weight is 440 g/mol. The number of nitrogens with zero attached hydrogens (tertiary/aromatic N) is 1. The Morgan fingerprint density at radius 2 is 1.10 bits per heavy atom. The lowest BCUT2D eigenvalue weighted by Crippen LogP contribution is -2.39. The number of hydrogen-bond donors (Lipinski definition) is 0. The van der Waals surface area contributed by atoms with Gasteiger partial charge < -0.3 is 0 Å². The Morgan fingerprint density at radius 3 is 1.47 bits per heavy atom. The zero-order valence-corrected chi connectivity index (χ0v) is 18.2. The van der Waals surface area contributed by atoms with Crippen LogP contribution in [0.3, 0.4) is 0 Å². The minimum atomic E-state index is -4.49. The topological polar surface area (TPSA) is 71.5 Å². The third kappa shape index (κ3) is 4.17. The van der Waals surface area contributed by atoms with Crippen LogP contribution in [-0.2, 0) is 20.0 Å². The quantitative estimate of drug-likeness (QED) is 0.543. The molecule has 0 N–H and O–H groups in total. The third-order valence-electron chi connectivity index (χ3n) is 4.60. The van der Waals surface area contributed by atoms with Crippen molar-refractivity contribution < 1.29 is 16.8 Å². The van der Waals surface area contributed by atoms with Gasteiger partial charge in [0.1, 0.15) is 6.04 Å². The number of rotatable bonds is 6. The molecule has 3 rings (SSSR count). The molecule has 0 unspecified atom stereocenters. The van der Waals surface area contributed by atoms with Gasteiger partial charge in [-0.05, 0) is 43.7 Å². The van der Waals surface area contributed by atoms with Crippen LogP contribution in [-0.4, -0.2) is 20.5 Å². The first kappa shape index (κ1) is 21.8. The summed E-state index contributed by atoms with van der Waals surface area (Å²) in [7, 11) is -8.98. The van der Waals surface area contributed by atoms with E-state index in [4.69, 9.17) is 6.42 Å². The molecule has 0 saturated carbocycles. The van der Waals surface area contributed by atoms with Gasteiger partial charge in [0.25, 0.3) is 20.0 Å². The molecule has 0 heterocycles. The molecule has 154 valence electrons. The van der Waals surface area contributed by atoms with Gasteiger partial charge in [0, 0.05) is 0 Å². The molecule has 30 heavy (non-hydrogen) atoms. The molecule has 0 bridgehead atoms. The number of terminal acetylenes is 1. The monoisotopic (exact) mass is 439 g/mol. The van der Waals surface area contributed by atoms with E-state index in [1.54, 1.807) is 54.6 Å². The maximum Gasteiger partial charge on any atom is 0.257 e. The van der Waals surface area contributed by atoms with Crippen LogP contribution in [0.4, 0.5) is 0 Å². The molecule has 1 atom stereocenters. The highest BCUT2D eigenvalue weighted by atomic mass is 32.3. The van der Waals surface area contributed by atoms with Crippen LogP contribution in [0.2, 0.25) is 0 Å². The lowest BCUT2D eigenvalue weighted by Gasteiger charge is -2.27. The molecule has 0 aromatic heterocycles. The molecule has 3 aromatic carbocycles. The van der Waals surface area contributed by atoms with E-state index in [0.717, 1.165) is 11.1 Å². The van der Waals surface area contributed by atoms with Crippen LogP contribution in [0.15, 0.2) is 88.7 Å². The Bertz CT molecular complexity index is 1200. The normalized spacial score (nSPS) is 13.0. The molecule has 0 amide bonds. The molecule has 0 aliphatic carbocycles. The molecule has 3 aromatic rings. The second kappa shape index (κ2) is 8.44. The number of sulfonamides is 2. The number of hydrogen-bond acceptors (Lipinski definition) is 4. The summed E-state index contributed by atoms with van der Waals surface area (Å²) in [6.45, 7) is 3.62. The van der Waals surface area contributed by atoms with Crippen molar-refractivity contribution in [2.75, 3.05) is 0 Å². The van der Waals surface area contributed by atoms with E-state index < -0.39 is 26.1 Å². The van der Waals surface area contributed by atoms with Gasteiger partial charge in [-0.2, -0.15) is 0 Å². The number of benzene rings is 3. The largest absolute Gasteiger partial charge is 0.257 e. The third-order valence-corrected chi connectivity index (χ3v) is 8.88. The Labute approximate surface area is 178 Å². The predicted molar refractivity (Wildman–Crippen MR) is 117 cm³/mol. The predicted octanol–water partition coefficient (Wildman–Crippen LogP) is 4.06. The maximum atomic E-state index is 13.6. The number of aryl methyl sites for hydroxylation is 2. The Kier molecular flexibility index (Phi) is 6.13. The van der Waals surface area contributed by atoms with Crippen molar-refractivity contribution in [3.05, 3.63) is 95.6 Å². The highest BCUT2D eigenvalue weighted by Gasteiger charge is 2.42. The van der Waals surface area contributed by atoms with Gasteiger partial charge in [-0.15, -0.1) is 6.42 Å². The van der Waals surface area contributed by atoms with E-state index in [0.29, 0.717) is 9.27 Å². The maximum absolute atomic E-state index is 13.6. The summed E-state index contributed by atoms with van der Waals surface area (Å²) in [4.78, 5) is -0.306. The zero-order valence-electron chi connectivity index (χ0n) is 16.6. The van der Waals surface area contributed by atoms with Gasteiger partial charge >= 0.3 is 0 Å².